The van der Waals surface area contributed by atoms with Crippen LogP contribution >= 0.6 is 15.9 Å². The van der Waals surface area contributed by atoms with Gasteiger partial charge in [0.2, 0.25) is 0 Å². The number of aromatic nitrogens is 1. The summed E-state index contributed by atoms with van der Waals surface area (Å²) < 4.78 is 4.52. The van der Waals surface area contributed by atoms with Crippen molar-refractivity contribution in [2.75, 3.05) is 7.11 Å². The van der Waals surface area contributed by atoms with Crippen LogP contribution in [-0.4, -0.2) is 18.1 Å². The number of rotatable bonds is 2. The Labute approximate surface area is 78.6 Å². The quantitative estimate of drug-likeness (QED) is 0.791. The van der Waals surface area contributed by atoms with E-state index >= 15 is 0 Å². The van der Waals surface area contributed by atoms with Crippen molar-refractivity contribution in [3.63, 3.8) is 0 Å². The summed E-state index contributed by atoms with van der Waals surface area (Å²) in [6.45, 7) is 0. The molecule has 1 aromatic heterocycles. The monoisotopic (exact) mass is 229 g/mol. The molecule has 12 heavy (non-hydrogen) atoms. The van der Waals surface area contributed by atoms with Gasteiger partial charge in [0.25, 0.3) is 0 Å². The van der Waals surface area contributed by atoms with Crippen LogP contribution in [0.1, 0.15) is 16.1 Å². The Kier molecular flexibility index (Phi) is 3.10. The lowest BCUT2D eigenvalue weighted by Gasteiger charge is -1.91. The van der Waals surface area contributed by atoms with Crippen LogP contribution in [0.3, 0.4) is 0 Å². The lowest BCUT2D eigenvalue weighted by Crippen LogP contribution is -2.00. The van der Waals surface area contributed by atoms with E-state index in [-0.39, 0.29) is 5.97 Å². The van der Waals surface area contributed by atoms with Gasteiger partial charge in [0.15, 0.2) is 0 Å². The van der Waals surface area contributed by atoms with E-state index in [2.05, 4.69) is 25.7 Å². The molecule has 0 aliphatic carbocycles. The Morgan fingerprint density at radius 3 is 3.08 bits per heavy atom. The zero-order valence-corrected chi connectivity index (χ0v) is 8.09. The van der Waals surface area contributed by atoms with Gasteiger partial charge in [-0.1, -0.05) is 15.9 Å². The van der Waals surface area contributed by atoms with E-state index in [1.807, 2.05) is 6.08 Å². The summed E-state index contributed by atoms with van der Waals surface area (Å²) in [6, 6.07) is 1.71. The van der Waals surface area contributed by atoms with E-state index in [9.17, 15) is 4.79 Å². The fourth-order valence-electron chi connectivity index (χ4n) is 0.808. The second kappa shape index (κ2) is 4.11. The van der Waals surface area contributed by atoms with E-state index in [0.717, 1.165) is 5.56 Å². The molecule has 0 fully saturated rings. The van der Waals surface area contributed by atoms with Crippen molar-refractivity contribution < 1.29 is 9.53 Å². The zero-order valence-electron chi connectivity index (χ0n) is 6.50. The Balaban J connectivity index is 2.84. The van der Waals surface area contributed by atoms with Crippen LogP contribution in [0.15, 0.2) is 17.2 Å². The summed E-state index contributed by atoms with van der Waals surface area (Å²) in [6.07, 6.45) is 3.55. The molecule has 0 saturated carbocycles. The zero-order chi connectivity index (χ0) is 8.97. The highest BCUT2D eigenvalue weighted by Crippen LogP contribution is 2.07. The van der Waals surface area contributed by atoms with Crippen molar-refractivity contribution >= 4 is 28.0 Å². The maximum absolute atomic E-state index is 10.9. The minimum absolute atomic E-state index is 0.357. The number of halogens is 1. The normalized spacial score (nSPS) is 10.5. The van der Waals surface area contributed by atoms with E-state index in [1.165, 1.54) is 7.11 Å². The van der Waals surface area contributed by atoms with Gasteiger partial charge in [-0.25, -0.2) is 4.79 Å². The number of aromatic amines is 1. The molecule has 0 bridgehead atoms. The third kappa shape index (κ3) is 1.98. The van der Waals surface area contributed by atoms with Crippen molar-refractivity contribution in [3.8, 4) is 0 Å². The molecule has 0 atom stereocenters. The van der Waals surface area contributed by atoms with Crippen molar-refractivity contribution in [2.45, 2.75) is 0 Å². The van der Waals surface area contributed by atoms with Crippen LogP contribution in [-0.2, 0) is 4.74 Å². The first-order valence-corrected chi connectivity index (χ1v) is 4.23. The molecule has 1 aromatic rings. The Morgan fingerprint density at radius 1 is 1.75 bits per heavy atom. The second-order valence-electron chi connectivity index (χ2n) is 2.13. The highest BCUT2D eigenvalue weighted by Gasteiger charge is 2.05. The Morgan fingerprint density at radius 2 is 2.50 bits per heavy atom. The van der Waals surface area contributed by atoms with Crippen molar-refractivity contribution in [3.05, 3.63) is 28.5 Å². The average Bonchev–Trinajstić information content (AvgIpc) is 2.52. The standard InChI is InChI=1S/C8H8BrNO2/c1-12-8(11)7-4-6(2-3-9)5-10-7/h2-5,10H,1H3/b3-2+. The van der Waals surface area contributed by atoms with Crippen LogP contribution in [0.5, 0.6) is 0 Å². The molecule has 0 amide bonds. The first kappa shape index (κ1) is 9.06. The van der Waals surface area contributed by atoms with Crippen LogP contribution in [0.2, 0.25) is 0 Å². The topological polar surface area (TPSA) is 42.1 Å². The van der Waals surface area contributed by atoms with Crippen LogP contribution in [0.25, 0.3) is 6.08 Å². The number of esters is 1. The maximum Gasteiger partial charge on any atom is 0.354 e. The molecule has 64 valence electrons. The van der Waals surface area contributed by atoms with Gasteiger partial charge in [-0.05, 0) is 22.7 Å². The first-order chi connectivity index (χ1) is 5.77. The average molecular weight is 230 g/mol. The number of ether oxygens (including phenoxy) is 1. The number of hydrogen-bond acceptors (Lipinski definition) is 2. The third-order valence-electron chi connectivity index (χ3n) is 1.37. The van der Waals surface area contributed by atoms with Gasteiger partial charge >= 0.3 is 5.97 Å². The number of methoxy groups -OCH3 is 1. The van der Waals surface area contributed by atoms with E-state index < -0.39 is 0 Å². The molecule has 1 heterocycles. The predicted molar refractivity (Wildman–Crippen MR) is 50.1 cm³/mol. The number of carbonyl (C=O) groups excluding carboxylic acids is 1. The molecule has 0 unspecified atom stereocenters. The molecule has 0 aliphatic heterocycles. The highest BCUT2D eigenvalue weighted by atomic mass is 79.9. The molecule has 4 heteroatoms. The smallest absolute Gasteiger partial charge is 0.354 e. The number of nitrogens with one attached hydrogen (secondary N) is 1. The summed E-state index contributed by atoms with van der Waals surface area (Å²) in [5.74, 6) is -0.357. The van der Waals surface area contributed by atoms with E-state index in [0.29, 0.717) is 5.69 Å². The van der Waals surface area contributed by atoms with Crippen LogP contribution in [0, 0.1) is 0 Å². The van der Waals surface area contributed by atoms with Gasteiger partial charge in [-0.3, -0.25) is 0 Å². The lowest BCUT2D eigenvalue weighted by atomic mass is 10.3. The fraction of sp³-hybridized carbons (Fsp3) is 0.125. The van der Waals surface area contributed by atoms with Crippen LogP contribution in [0.4, 0.5) is 0 Å². The number of carbonyl (C=O) groups is 1. The van der Waals surface area contributed by atoms with Crippen LogP contribution < -0.4 is 0 Å². The molecule has 0 spiro atoms. The van der Waals surface area contributed by atoms with Crippen molar-refractivity contribution in [2.24, 2.45) is 0 Å². The Hall–Kier alpha value is -1.03. The molecular formula is C8H8BrNO2. The number of hydrogen-bond donors (Lipinski definition) is 1. The highest BCUT2D eigenvalue weighted by molar-refractivity contribution is 9.11. The summed E-state index contributed by atoms with van der Waals surface area (Å²) in [4.78, 5) is 15.5. The molecule has 0 radical (unpaired) electrons. The fourth-order valence-corrected chi connectivity index (χ4v) is 1.11. The molecule has 1 N–H and O–H groups in total. The minimum Gasteiger partial charge on any atom is -0.464 e. The molecule has 0 aromatic carbocycles. The molecule has 0 aliphatic rings. The lowest BCUT2D eigenvalue weighted by molar-refractivity contribution is 0.0595. The SMILES string of the molecule is COC(=O)c1cc(/C=C/Br)c[nH]1. The summed E-state index contributed by atoms with van der Waals surface area (Å²) in [5, 5.41) is 0. The third-order valence-corrected chi connectivity index (χ3v) is 1.63. The van der Waals surface area contributed by atoms with Gasteiger partial charge in [0, 0.05) is 6.20 Å². The minimum atomic E-state index is -0.357. The van der Waals surface area contributed by atoms with Gasteiger partial charge in [0.05, 0.1) is 7.11 Å². The molecule has 3 nitrogen and oxygen atoms in total. The summed E-state index contributed by atoms with van der Waals surface area (Å²) in [7, 11) is 1.35. The molecule has 1 rings (SSSR count). The van der Waals surface area contributed by atoms with E-state index in [1.54, 1.807) is 17.2 Å². The van der Waals surface area contributed by atoms with Crippen molar-refractivity contribution in [1.82, 2.24) is 4.98 Å². The maximum atomic E-state index is 10.9. The number of H-pyrrole nitrogens is 1. The van der Waals surface area contributed by atoms with E-state index in [4.69, 9.17) is 0 Å². The van der Waals surface area contributed by atoms with Crippen molar-refractivity contribution in [1.29, 1.82) is 0 Å². The van der Waals surface area contributed by atoms with Gasteiger partial charge < -0.3 is 9.72 Å². The summed E-state index contributed by atoms with van der Waals surface area (Å²) in [5.41, 5.74) is 1.38. The molecular weight excluding hydrogens is 222 g/mol. The molecule has 0 saturated heterocycles. The van der Waals surface area contributed by atoms with Gasteiger partial charge in [0.1, 0.15) is 5.69 Å². The van der Waals surface area contributed by atoms with Gasteiger partial charge in [-0.2, -0.15) is 0 Å². The Bertz CT molecular complexity index is 304. The predicted octanol–water partition coefficient (Wildman–Crippen LogP) is 2.17. The second-order valence-corrected chi connectivity index (χ2v) is 2.66. The summed E-state index contributed by atoms with van der Waals surface area (Å²) >= 11 is 3.14. The largest absolute Gasteiger partial charge is 0.464 e. The van der Waals surface area contributed by atoms with Gasteiger partial charge in [-0.15, -0.1) is 0 Å². The first-order valence-electron chi connectivity index (χ1n) is 3.31.